The molecule has 0 heterocycles. The van der Waals surface area contributed by atoms with Crippen molar-refractivity contribution in [3.8, 4) is 0 Å². The molecule has 1 aromatic carbocycles. The monoisotopic (exact) mass is 287 g/mol. The van der Waals surface area contributed by atoms with Crippen LogP contribution in [0, 0.1) is 10.1 Å². The number of hydrogen-bond donors (Lipinski definition) is 1. The predicted octanol–water partition coefficient (Wildman–Crippen LogP) is 2.36. The van der Waals surface area contributed by atoms with Gasteiger partial charge in [-0.1, -0.05) is 0 Å². The number of anilines is 1. The molecule has 110 valence electrons. The lowest BCUT2D eigenvalue weighted by atomic mass is 10.1. The number of rotatable bonds is 6. The summed E-state index contributed by atoms with van der Waals surface area (Å²) in [6.07, 6.45) is -2.69. The third kappa shape index (κ3) is 3.87. The van der Waals surface area contributed by atoms with Crippen LogP contribution < -0.4 is 5.32 Å². The summed E-state index contributed by atoms with van der Waals surface area (Å²) in [5, 5.41) is 13.8. The van der Waals surface area contributed by atoms with E-state index >= 15 is 0 Å². The summed E-state index contributed by atoms with van der Waals surface area (Å²) in [6.45, 7) is 1.62. The molecule has 0 saturated heterocycles. The van der Waals surface area contributed by atoms with Gasteiger partial charge in [0.2, 0.25) is 0 Å². The third-order valence-corrected chi connectivity index (χ3v) is 2.56. The Labute approximate surface area is 114 Å². The Bertz CT molecular complexity index is 509. The van der Waals surface area contributed by atoms with Gasteiger partial charge in [-0.15, -0.1) is 0 Å². The van der Waals surface area contributed by atoms with Crippen LogP contribution in [0.5, 0.6) is 0 Å². The molecule has 0 aliphatic heterocycles. The minimum Gasteiger partial charge on any atom is -0.385 e. The van der Waals surface area contributed by atoms with E-state index in [1.54, 1.807) is 0 Å². The van der Waals surface area contributed by atoms with Gasteiger partial charge in [-0.2, -0.15) is 0 Å². The van der Waals surface area contributed by atoms with Crippen molar-refractivity contribution in [3.63, 3.8) is 0 Å². The SMILES string of the molecule is CCNc1ccc([N+](=O)[O-])c(C(=O)N(C)CC(F)F)c1. The Morgan fingerprint density at radius 3 is 2.65 bits per heavy atom. The average Bonchev–Trinajstić information content (AvgIpc) is 2.37. The maximum Gasteiger partial charge on any atom is 0.282 e. The first-order valence-corrected chi connectivity index (χ1v) is 5.92. The highest BCUT2D eigenvalue weighted by Gasteiger charge is 2.24. The molecule has 20 heavy (non-hydrogen) atoms. The van der Waals surface area contributed by atoms with Crippen LogP contribution in [0.3, 0.4) is 0 Å². The van der Waals surface area contributed by atoms with Crippen LogP contribution in [-0.4, -0.2) is 42.3 Å². The number of nitrogens with one attached hydrogen (secondary N) is 1. The first-order chi connectivity index (χ1) is 9.36. The van der Waals surface area contributed by atoms with Gasteiger partial charge in [0.25, 0.3) is 18.0 Å². The quantitative estimate of drug-likeness (QED) is 0.643. The average molecular weight is 287 g/mol. The summed E-state index contributed by atoms with van der Waals surface area (Å²) in [5.74, 6) is -0.809. The first kappa shape index (κ1) is 15.8. The van der Waals surface area contributed by atoms with E-state index < -0.39 is 29.5 Å². The molecule has 8 heteroatoms. The Morgan fingerprint density at radius 1 is 1.50 bits per heavy atom. The summed E-state index contributed by atoms with van der Waals surface area (Å²) >= 11 is 0. The van der Waals surface area contributed by atoms with Crippen molar-refractivity contribution < 1.29 is 18.5 Å². The van der Waals surface area contributed by atoms with Crippen LogP contribution in [0.25, 0.3) is 0 Å². The van der Waals surface area contributed by atoms with Gasteiger partial charge < -0.3 is 10.2 Å². The number of benzene rings is 1. The highest BCUT2D eigenvalue weighted by atomic mass is 19.3. The number of nitro groups is 1. The molecule has 0 aliphatic carbocycles. The van der Waals surface area contributed by atoms with Crippen LogP contribution in [0.1, 0.15) is 17.3 Å². The molecule has 0 aliphatic rings. The van der Waals surface area contributed by atoms with Crippen molar-refractivity contribution in [2.75, 3.05) is 25.5 Å². The third-order valence-electron chi connectivity index (χ3n) is 2.56. The van der Waals surface area contributed by atoms with E-state index in [9.17, 15) is 23.7 Å². The Balaban J connectivity index is 3.14. The molecule has 0 spiro atoms. The largest absolute Gasteiger partial charge is 0.385 e. The van der Waals surface area contributed by atoms with Crippen LogP contribution in [0.2, 0.25) is 0 Å². The molecule has 0 unspecified atom stereocenters. The van der Waals surface area contributed by atoms with Crippen molar-refractivity contribution in [1.82, 2.24) is 4.90 Å². The van der Waals surface area contributed by atoms with Crippen molar-refractivity contribution >= 4 is 17.3 Å². The van der Waals surface area contributed by atoms with Crippen LogP contribution in [0.15, 0.2) is 18.2 Å². The maximum absolute atomic E-state index is 12.3. The topological polar surface area (TPSA) is 75.5 Å². The summed E-state index contributed by atoms with van der Waals surface area (Å²) < 4.78 is 24.6. The van der Waals surface area contributed by atoms with E-state index in [0.29, 0.717) is 12.2 Å². The number of amides is 1. The molecular weight excluding hydrogens is 272 g/mol. The highest BCUT2D eigenvalue weighted by Crippen LogP contribution is 2.24. The molecule has 1 rings (SSSR count). The van der Waals surface area contributed by atoms with Gasteiger partial charge in [0.05, 0.1) is 11.5 Å². The predicted molar refractivity (Wildman–Crippen MR) is 70.2 cm³/mol. The standard InChI is InChI=1S/C12H15F2N3O3/c1-3-15-8-4-5-10(17(19)20)9(6-8)12(18)16(2)7-11(13)14/h4-6,11,15H,3,7H2,1-2H3. The Hall–Kier alpha value is -2.25. The van der Waals surface area contributed by atoms with Crippen LogP contribution in [-0.2, 0) is 0 Å². The molecule has 1 amide bonds. The second-order valence-electron chi connectivity index (χ2n) is 4.10. The van der Waals surface area contributed by atoms with Crippen molar-refractivity contribution in [1.29, 1.82) is 0 Å². The van der Waals surface area contributed by atoms with Crippen molar-refractivity contribution in [2.45, 2.75) is 13.3 Å². The fourth-order valence-electron chi connectivity index (χ4n) is 1.68. The zero-order valence-corrected chi connectivity index (χ0v) is 11.1. The molecule has 0 fully saturated rings. The summed E-state index contributed by atoms with van der Waals surface area (Å²) in [4.78, 5) is 23.0. The van der Waals surface area contributed by atoms with Gasteiger partial charge in [-0.25, -0.2) is 8.78 Å². The molecule has 1 aromatic rings. The van der Waals surface area contributed by atoms with Crippen molar-refractivity contribution in [2.24, 2.45) is 0 Å². The molecule has 0 aromatic heterocycles. The zero-order valence-electron chi connectivity index (χ0n) is 11.1. The number of hydrogen-bond acceptors (Lipinski definition) is 4. The molecule has 0 atom stereocenters. The molecule has 6 nitrogen and oxygen atoms in total. The number of halogens is 2. The second-order valence-corrected chi connectivity index (χ2v) is 4.10. The maximum atomic E-state index is 12.3. The van der Waals surface area contributed by atoms with Gasteiger partial charge in [-0.3, -0.25) is 14.9 Å². The Morgan fingerprint density at radius 2 is 2.15 bits per heavy atom. The molecule has 0 radical (unpaired) electrons. The molecule has 0 bridgehead atoms. The zero-order chi connectivity index (χ0) is 15.3. The lowest BCUT2D eigenvalue weighted by Crippen LogP contribution is -2.31. The van der Waals surface area contributed by atoms with E-state index in [1.165, 1.54) is 25.2 Å². The normalized spacial score (nSPS) is 10.4. The summed E-state index contributed by atoms with van der Waals surface area (Å²) in [7, 11) is 1.18. The van der Waals surface area contributed by atoms with E-state index in [-0.39, 0.29) is 5.56 Å². The lowest BCUT2D eigenvalue weighted by molar-refractivity contribution is -0.385. The van der Waals surface area contributed by atoms with Crippen LogP contribution in [0.4, 0.5) is 20.2 Å². The number of nitro benzene ring substituents is 1. The van der Waals surface area contributed by atoms with Gasteiger partial charge in [0.1, 0.15) is 5.56 Å². The van der Waals surface area contributed by atoms with Crippen LogP contribution >= 0.6 is 0 Å². The van der Waals surface area contributed by atoms with E-state index in [1.807, 2.05) is 6.92 Å². The lowest BCUT2D eigenvalue weighted by Gasteiger charge is -2.17. The minimum absolute atomic E-state index is 0.211. The van der Waals surface area contributed by atoms with E-state index in [4.69, 9.17) is 0 Å². The number of alkyl halides is 2. The molecular formula is C12H15F2N3O3. The number of carbonyl (C=O) groups is 1. The van der Waals surface area contributed by atoms with Crippen molar-refractivity contribution in [3.05, 3.63) is 33.9 Å². The second kappa shape index (κ2) is 6.78. The van der Waals surface area contributed by atoms with Gasteiger partial charge in [0.15, 0.2) is 0 Å². The number of nitrogens with zero attached hydrogens (tertiary/aromatic N) is 2. The van der Waals surface area contributed by atoms with E-state index in [0.717, 1.165) is 4.90 Å². The fraction of sp³-hybridized carbons (Fsp3) is 0.417. The minimum atomic E-state index is -2.69. The summed E-state index contributed by atoms with van der Waals surface area (Å²) in [6, 6.07) is 3.94. The van der Waals surface area contributed by atoms with Gasteiger partial charge in [0, 0.05) is 25.3 Å². The van der Waals surface area contributed by atoms with E-state index in [2.05, 4.69) is 5.32 Å². The Kier molecular flexibility index (Phi) is 5.36. The summed E-state index contributed by atoms with van der Waals surface area (Å²) in [5.41, 5.74) is -0.0960. The van der Waals surface area contributed by atoms with Gasteiger partial charge >= 0.3 is 0 Å². The fourth-order valence-corrected chi connectivity index (χ4v) is 1.68. The highest BCUT2D eigenvalue weighted by molar-refractivity contribution is 5.99. The van der Waals surface area contributed by atoms with Gasteiger partial charge in [-0.05, 0) is 19.1 Å². The number of carbonyl (C=O) groups excluding carboxylic acids is 1. The smallest absolute Gasteiger partial charge is 0.282 e. The molecule has 0 saturated carbocycles. The molecule has 1 N–H and O–H groups in total. The first-order valence-electron chi connectivity index (χ1n) is 5.92.